The Morgan fingerprint density at radius 3 is 2.41 bits per heavy atom. The van der Waals surface area contributed by atoms with Gasteiger partial charge in [0.2, 0.25) is 5.91 Å². The number of para-hydroxylation sites is 2. The van der Waals surface area contributed by atoms with Gasteiger partial charge in [-0.1, -0.05) is 42.0 Å². The number of rotatable bonds is 6. The molecule has 0 aliphatic carbocycles. The van der Waals surface area contributed by atoms with Crippen molar-refractivity contribution in [2.45, 2.75) is 19.8 Å². The van der Waals surface area contributed by atoms with Crippen LogP contribution in [0.3, 0.4) is 0 Å². The van der Waals surface area contributed by atoms with Crippen LogP contribution >= 0.6 is 0 Å². The zero-order chi connectivity index (χ0) is 19.1. The van der Waals surface area contributed by atoms with Gasteiger partial charge in [0.15, 0.2) is 0 Å². The Morgan fingerprint density at radius 2 is 1.70 bits per heavy atom. The van der Waals surface area contributed by atoms with Crippen molar-refractivity contribution in [3.8, 4) is 0 Å². The Morgan fingerprint density at radius 1 is 0.926 bits per heavy atom. The van der Waals surface area contributed by atoms with E-state index in [1.165, 1.54) is 11.8 Å². The summed E-state index contributed by atoms with van der Waals surface area (Å²) in [4.78, 5) is 28.6. The van der Waals surface area contributed by atoms with E-state index in [-0.39, 0.29) is 11.8 Å². The van der Waals surface area contributed by atoms with Crippen LogP contribution in [0.1, 0.15) is 27.9 Å². The van der Waals surface area contributed by atoms with Gasteiger partial charge in [-0.15, -0.1) is 0 Å². The van der Waals surface area contributed by atoms with Gasteiger partial charge in [-0.25, -0.2) is 0 Å². The predicted octanol–water partition coefficient (Wildman–Crippen LogP) is 4.21. The molecule has 0 spiro atoms. The molecule has 1 aromatic heterocycles. The lowest BCUT2D eigenvalue weighted by Gasteiger charge is -2.12. The number of nitrogens with one attached hydrogen (secondary N) is 2. The van der Waals surface area contributed by atoms with Crippen molar-refractivity contribution in [1.82, 2.24) is 4.98 Å². The third-order valence-corrected chi connectivity index (χ3v) is 4.10. The number of carbonyl (C=O) groups excluding carboxylic acids is 2. The molecule has 2 N–H and O–H groups in total. The summed E-state index contributed by atoms with van der Waals surface area (Å²) in [6, 6.07) is 18.7. The fourth-order valence-corrected chi connectivity index (χ4v) is 2.73. The number of anilines is 2. The quantitative estimate of drug-likeness (QED) is 0.692. The highest BCUT2D eigenvalue weighted by atomic mass is 16.2. The van der Waals surface area contributed by atoms with Gasteiger partial charge in [-0.05, 0) is 43.2 Å². The van der Waals surface area contributed by atoms with E-state index in [0.29, 0.717) is 29.8 Å². The minimum absolute atomic E-state index is 0.0976. The smallest absolute Gasteiger partial charge is 0.257 e. The highest BCUT2D eigenvalue weighted by Gasteiger charge is 2.11. The van der Waals surface area contributed by atoms with Gasteiger partial charge in [0, 0.05) is 18.8 Å². The molecule has 3 aromatic rings. The molecule has 136 valence electrons. The summed E-state index contributed by atoms with van der Waals surface area (Å²) in [5.41, 5.74) is 3.89. The third-order valence-electron chi connectivity index (χ3n) is 4.10. The van der Waals surface area contributed by atoms with Crippen molar-refractivity contribution in [2.24, 2.45) is 0 Å². The van der Waals surface area contributed by atoms with Crippen molar-refractivity contribution in [3.05, 3.63) is 89.7 Å². The molecule has 5 heteroatoms. The molecule has 0 bridgehead atoms. The number of carbonyl (C=O) groups is 2. The molecule has 0 aliphatic rings. The average Bonchev–Trinajstić information content (AvgIpc) is 2.69. The molecule has 0 aliphatic heterocycles. The van der Waals surface area contributed by atoms with E-state index in [0.717, 1.165) is 5.56 Å². The van der Waals surface area contributed by atoms with Gasteiger partial charge >= 0.3 is 0 Å². The zero-order valence-corrected chi connectivity index (χ0v) is 15.1. The number of hydrogen-bond donors (Lipinski definition) is 2. The normalized spacial score (nSPS) is 10.3. The zero-order valence-electron chi connectivity index (χ0n) is 15.1. The first-order valence-corrected chi connectivity index (χ1v) is 8.77. The van der Waals surface area contributed by atoms with E-state index in [1.807, 2.05) is 31.2 Å². The second kappa shape index (κ2) is 8.76. The molecule has 27 heavy (non-hydrogen) atoms. The minimum Gasteiger partial charge on any atom is -0.324 e. The summed E-state index contributed by atoms with van der Waals surface area (Å²) in [7, 11) is 0. The monoisotopic (exact) mass is 359 g/mol. The molecular formula is C22H21N3O2. The topological polar surface area (TPSA) is 71.1 Å². The van der Waals surface area contributed by atoms with Crippen LogP contribution in [0.15, 0.2) is 73.1 Å². The van der Waals surface area contributed by atoms with E-state index in [1.54, 1.807) is 36.5 Å². The molecule has 2 aromatic carbocycles. The highest BCUT2D eigenvalue weighted by Crippen LogP contribution is 2.22. The molecule has 0 atom stereocenters. The molecular weight excluding hydrogens is 338 g/mol. The fraction of sp³-hybridized carbons (Fsp3) is 0.136. The summed E-state index contributed by atoms with van der Waals surface area (Å²) < 4.78 is 0. The summed E-state index contributed by atoms with van der Waals surface area (Å²) >= 11 is 0. The van der Waals surface area contributed by atoms with Gasteiger partial charge in [0.1, 0.15) is 0 Å². The van der Waals surface area contributed by atoms with Crippen molar-refractivity contribution < 1.29 is 9.59 Å². The fourth-order valence-electron chi connectivity index (χ4n) is 2.73. The van der Waals surface area contributed by atoms with E-state index in [9.17, 15) is 9.59 Å². The second-order valence-corrected chi connectivity index (χ2v) is 6.28. The molecule has 5 nitrogen and oxygen atoms in total. The number of hydrogen-bond acceptors (Lipinski definition) is 3. The molecule has 0 radical (unpaired) electrons. The Kier molecular flexibility index (Phi) is 5.94. The maximum Gasteiger partial charge on any atom is 0.257 e. The Bertz CT molecular complexity index is 939. The summed E-state index contributed by atoms with van der Waals surface area (Å²) in [6.07, 6.45) is 4.14. The van der Waals surface area contributed by atoms with E-state index >= 15 is 0 Å². The van der Waals surface area contributed by atoms with Crippen LogP contribution in [-0.2, 0) is 11.2 Å². The van der Waals surface area contributed by atoms with Gasteiger partial charge in [0.25, 0.3) is 5.91 Å². The van der Waals surface area contributed by atoms with Crippen LogP contribution in [-0.4, -0.2) is 16.8 Å². The van der Waals surface area contributed by atoms with Gasteiger partial charge in [-0.3, -0.25) is 14.6 Å². The first-order valence-electron chi connectivity index (χ1n) is 8.77. The number of nitrogens with zero attached hydrogens (tertiary/aromatic N) is 1. The van der Waals surface area contributed by atoms with Gasteiger partial charge in [0.05, 0.1) is 16.9 Å². The number of aromatic nitrogens is 1. The van der Waals surface area contributed by atoms with E-state index < -0.39 is 0 Å². The number of aryl methyl sites for hydroxylation is 2. The summed E-state index contributed by atoms with van der Waals surface area (Å²) in [5.74, 6) is -0.371. The van der Waals surface area contributed by atoms with E-state index in [4.69, 9.17) is 0 Å². The minimum atomic E-state index is -0.274. The van der Waals surface area contributed by atoms with Crippen LogP contribution in [0.25, 0.3) is 0 Å². The van der Waals surface area contributed by atoms with Crippen molar-refractivity contribution >= 4 is 23.2 Å². The first kappa shape index (κ1) is 18.3. The average molecular weight is 359 g/mol. The maximum atomic E-state index is 12.3. The molecule has 0 unspecified atom stereocenters. The lowest BCUT2D eigenvalue weighted by molar-refractivity contribution is -0.116. The van der Waals surface area contributed by atoms with Crippen LogP contribution in [0, 0.1) is 6.92 Å². The van der Waals surface area contributed by atoms with Crippen molar-refractivity contribution in [2.75, 3.05) is 10.6 Å². The third kappa shape index (κ3) is 5.25. The van der Waals surface area contributed by atoms with Crippen molar-refractivity contribution in [3.63, 3.8) is 0 Å². The Hall–Kier alpha value is -3.47. The first-order chi connectivity index (χ1) is 13.1. The largest absolute Gasteiger partial charge is 0.324 e. The predicted molar refractivity (Wildman–Crippen MR) is 107 cm³/mol. The number of pyridine rings is 1. The molecule has 0 saturated heterocycles. The molecule has 3 rings (SSSR count). The van der Waals surface area contributed by atoms with Crippen molar-refractivity contribution in [1.29, 1.82) is 0 Å². The van der Waals surface area contributed by atoms with Crippen LogP contribution in [0.4, 0.5) is 11.4 Å². The SMILES string of the molecule is Cc1cccc(CCC(=O)Nc2ccccc2NC(=O)c2cccnc2)c1. The number of benzene rings is 2. The van der Waals surface area contributed by atoms with Gasteiger partial charge < -0.3 is 10.6 Å². The lowest BCUT2D eigenvalue weighted by atomic mass is 10.1. The lowest BCUT2D eigenvalue weighted by Crippen LogP contribution is -2.17. The summed E-state index contributed by atoms with van der Waals surface area (Å²) in [6.45, 7) is 2.03. The Balaban J connectivity index is 1.63. The maximum absolute atomic E-state index is 12.3. The van der Waals surface area contributed by atoms with Gasteiger partial charge in [-0.2, -0.15) is 0 Å². The number of amides is 2. The molecule has 1 heterocycles. The second-order valence-electron chi connectivity index (χ2n) is 6.28. The Labute approximate surface area is 158 Å². The van der Waals surface area contributed by atoms with Crippen LogP contribution in [0.5, 0.6) is 0 Å². The van der Waals surface area contributed by atoms with Crippen LogP contribution in [0.2, 0.25) is 0 Å². The standard InChI is InChI=1S/C22H21N3O2/c1-16-6-4-7-17(14-16)11-12-21(26)24-19-9-2-3-10-20(19)25-22(27)18-8-5-13-23-15-18/h2-10,13-15H,11-12H2,1H3,(H,24,26)(H,25,27). The highest BCUT2D eigenvalue weighted by molar-refractivity contribution is 6.07. The van der Waals surface area contributed by atoms with E-state index in [2.05, 4.69) is 21.7 Å². The summed E-state index contributed by atoms with van der Waals surface area (Å²) in [5, 5.41) is 5.70. The molecule has 0 saturated carbocycles. The van der Waals surface area contributed by atoms with Crippen LogP contribution < -0.4 is 10.6 Å². The molecule has 0 fully saturated rings. The molecule has 2 amide bonds.